The fourth-order valence-electron chi connectivity index (χ4n) is 1.38. The van der Waals surface area contributed by atoms with Crippen LogP contribution in [0.3, 0.4) is 0 Å². The first-order valence-corrected chi connectivity index (χ1v) is 4.97. The highest BCUT2D eigenvalue weighted by Crippen LogP contribution is 2.14. The Bertz CT molecular complexity index is 321. The molecule has 15 heavy (non-hydrogen) atoms. The van der Waals surface area contributed by atoms with E-state index in [0.717, 1.165) is 12.2 Å². The van der Waals surface area contributed by atoms with E-state index in [-0.39, 0.29) is 11.7 Å². The number of nitrogens with zero attached hydrogens (tertiary/aromatic N) is 1. The molecule has 1 aromatic rings. The fraction of sp³-hybridized carbons (Fsp3) is 0.364. The van der Waals surface area contributed by atoms with E-state index in [9.17, 15) is 4.39 Å². The Hall–Kier alpha value is -1.58. The van der Waals surface area contributed by atoms with E-state index in [0.29, 0.717) is 13.0 Å². The third-order valence-electron chi connectivity index (χ3n) is 2.22. The number of nitrogens with one attached hydrogen (secondary N) is 1. The largest absolute Gasteiger partial charge is 0.388 e. The van der Waals surface area contributed by atoms with Crippen molar-refractivity contribution < 1.29 is 4.39 Å². The van der Waals surface area contributed by atoms with E-state index in [1.54, 1.807) is 12.1 Å². The van der Waals surface area contributed by atoms with Gasteiger partial charge in [0.25, 0.3) is 0 Å². The number of rotatable bonds is 5. The second-order valence-electron chi connectivity index (χ2n) is 3.33. The van der Waals surface area contributed by atoms with Gasteiger partial charge < -0.3 is 10.6 Å². The molecule has 0 fully saturated rings. The zero-order chi connectivity index (χ0) is 11.3. The van der Waals surface area contributed by atoms with Gasteiger partial charge in [-0.15, -0.1) is 0 Å². The van der Waals surface area contributed by atoms with Crippen molar-refractivity contribution in [1.82, 2.24) is 0 Å². The number of nitrogens with two attached hydrogens (primary N) is 1. The van der Waals surface area contributed by atoms with Gasteiger partial charge in [0, 0.05) is 25.2 Å². The van der Waals surface area contributed by atoms with Crippen molar-refractivity contribution in [2.75, 3.05) is 18.0 Å². The molecular formula is C11H16FN3. The molecule has 82 valence electrons. The van der Waals surface area contributed by atoms with E-state index in [1.807, 2.05) is 6.92 Å². The van der Waals surface area contributed by atoms with Crippen LogP contribution in [0.2, 0.25) is 0 Å². The van der Waals surface area contributed by atoms with Crippen molar-refractivity contribution in [3.8, 4) is 0 Å². The van der Waals surface area contributed by atoms with Crippen LogP contribution in [0.25, 0.3) is 0 Å². The van der Waals surface area contributed by atoms with E-state index < -0.39 is 0 Å². The average molecular weight is 209 g/mol. The summed E-state index contributed by atoms with van der Waals surface area (Å²) in [6, 6.07) is 6.34. The molecule has 0 aliphatic rings. The lowest BCUT2D eigenvalue weighted by atomic mass is 10.2. The minimum absolute atomic E-state index is 0.176. The molecule has 1 rings (SSSR count). The van der Waals surface area contributed by atoms with Gasteiger partial charge in [0.1, 0.15) is 5.82 Å². The first kappa shape index (κ1) is 11.5. The summed E-state index contributed by atoms with van der Waals surface area (Å²) in [5.41, 5.74) is 6.25. The third kappa shape index (κ3) is 3.58. The van der Waals surface area contributed by atoms with E-state index in [4.69, 9.17) is 11.1 Å². The zero-order valence-corrected chi connectivity index (χ0v) is 8.83. The lowest BCUT2D eigenvalue weighted by Crippen LogP contribution is -2.27. The molecule has 0 spiro atoms. The second-order valence-corrected chi connectivity index (χ2v) is 3.33. The van der Waals surface area contributed by atoms with Gasteiger partial charge in [0.15, 0.2) is 0 Å². The maximum atomic E-state index is 12.7. The molecule has 0 atom stereocenters. The van der Waals surface area contributed by atoms with Gasteiger partial charge in [-0.25, -0.2) is 4.39 Å². The quantitative estimate of drug-likeness (QED) is 0.575. The number of hydrogen-bond acceptors (Lipinski definition) is 2. The fourth-order valence-corrected chi connectivity index (χ4v) is 1.38. The van der Waals surface area contributed by atoms with Crippen LogP contribution in [0.5, 0.6) is 0 Å². The highest BCUT2D eigenvalue weighted by atomic mass is 19.1. The molecule has 0 radical (unpaired) electrons. The summed E-state index contributed by atoms with van der Waals surface area (Å²) in [7, 11) is 0. The second kappa shape index (κ2) is 5.34. The van der Waals surface area contributed by atoms with Crippen LogP contribution in [0.15, 0.2) is 24.3 Å². The molecular weight excluding hydrogens is 193 g/mol. The number of halogens is 1. The highest BCUT2D eigenvalue weighted by Gasteiger charge is 2.04. The maximum Gasteiger partial charge on any atom is 0.123 e. The van der Waals surface area contributed by atoms with Gasteiger partial charge in [-0.2, -0.15) is 0 Å². The van der Waals surface area contributed by atoms with Crippen molar-refractivity contribution >= 4 is 11.5 Å². The van der Waals surface area contributed by atoms with Crippen LogP contribution in [0.4, 0.5) is 10.1 Å². The number of hydrogen-bond donors (Lipinski definition) is 2. The Balaban J connectivity index is 2.65. The summed E-state index contributed by atoms with van der Waals surface area (Å²) in [5.74, 6) is -0.0584. The molecule has 3 N–H and O–H groups in total. The molecule has 0 unspecified atom stereocenters. The Labute approximate surface area is 89.2 Å². The summed E-state index contributed by atoms with van der Waals surface area (Å²) in [4.78, 5) is 2.06. The normalized spacial score (nSPS) is 10.0. The van der Waals surface area contributed by atoms with Gasteiger partial charge >= 0.3 is 0 Å². The topological polar surface area (TPSA) is 53.1 Å². The highest BCUT2D eigenvalue weighted by molar-refractivity contribution is 5.77. The lowest BCUT2D eigenvalue weighted by Gasteiger charge is -2.22. The van der Waals surface area contributed by atoms with Crippen molar-refractivity contribution in [3.63, 3.8) is 0 Å². The zero-order valence-electron chi connectivity index (χ0n) is 8.83. The van der Waals surface area contributed by atoms with Crippen LogP contribution < -0.4 is 10.6 Å². The summed E-state index contributed by atoms with van der Waals surface area (Å²) >= 11 is 0. The summed E-state index contributed by atoms with van der Waals surface area (Å²) in [6.45, 7) is 3.53. The molecule has 0 heterocycles. The van der Waals surface area contributed by atoms with Crippen molar-refractivity contribution in [2.24, 2.45) is 5.73 Å². The van der Waals surface area contributed by atoms with Crippen molar-refractivity contribution in [1.29, 1.82) is 5.41 Å². The number of anilines is 1. The van der Waals surface area contributed by atoms with Crippen molar-refractivity contribution in [2.45, 2.75) is 13.3 Å². The Morgan fingerprint density at radius 3 is 2.47 bits per heavy atom. The summed E-state index contributed by atoms with van der Waals surface area (Å²) in [6.07, 6.45) is 0.533. The SMILES string of the molecule is CCN(CCC(=N)N)c1ccc(F)cc1. The molecule has 0 amide bonds. The van der Waals surface area contributed by atoms with Crippen LogP contribution in [0, 0.1) is 11.2 Å². The first-order valence-electron chi connectivity index (χ1n) is 4.97. The van der Waals surface area contributed by atoms with Crippen molar-refractivity contribution in [3.05, 3.63) is 30.1 Å². The molecule has 4 heteroatoms. The van der Waals surface area contributed by atoms with Gasteiger partial charge in [0.2, 0.25) is 0 Å². The monoisotopic (exact) mass is 209 g/mol. The molecule has 0 aromatic heterocycles. The van der Waals surface area contributed by atoms with Crippen LogP contribution in [0.1, 0.15) is 13.3 Å². The summed E-state index contributed by atoms with van der Waals surface area (Å²) in [5, 5.41) is 7.15. The van der Waals surface area contributed by atoms with Gasteiger partial charge in [-0.05, 0) is 31.2 Å². The predicted octanol–water partition coefficient (Wildman–Crippen LogP) is 1.98. The molecule has 1 aromatic carbocycles. The van der Waals surface area contributed by atoms with E-state index in [2.05, 4.69) is 4.90 Å². The van der Waals surface area contributed by atoms with Gasteiger partial charge in [-0.1, -0.05) is 0 Å². The van der Waals surface area contributed by atoms with Crippen LogP contribution in [-0.4, -0.2) is 18.9 Å². The smallest absolute Gasteiger partial charge is 0.123 e. The maximum absolute atomic E-state index is 12.7. The Morgan fingerprint density at radius 1 is 1.40 bits per heavy atom. The molecule has 0 saturated carbocycles. The molecule has 0 aliphatic carbocycles. The number of benzene rings is 1. The van der Waals surface area contributed by atoms with E-state index in [1.165, 1.54) is 12.1 Å². The molecule has 3 nitrogen and oxygen atoms in total. The first-order chi connectivity index (χ1) is 7.13. The Morgan fingerprint density at radius 2 is 2.00 bits per heavy atom. The molecule has 0 aliphatic heterocycles. The lowest BCUT2D eigenvalue weighted by molar-refractivity contribution is 0.627. The average Bonchev–Trinajstić information content (AvgIpc) is 2.21. The summed E-state index contributed by atoms with van der Waals surface area (Å²) < 4.78 is 12.7. The van der Waals surface area contributed by atoms with Gasteiger partial charge in [-0.3, -0.25) is 5.41 Å². The number of amidine groups is 1. The van der Waals surface area contributed by atoms with Crippen LogP contribution in [-0.2, 0) is 0 Å². The van der Waals surface area contributed by atoms with E-state index >= 15 is 0 Å². The minimum Gasteiger partial charge on any atom is -0.388 e. The standard InChI is InChI=1S/C11H16FN3/c1-2-15(8-7-11(13)14)10-5-3-9(12)4-6-10/h3-6H,2,7-8H2,1H3,(H3,13,14). The van der Waals surface area contributed by atoms with Crippen LogP contribution >= 0.6 is 0 Å². The molecule has 0 bridgehead atoms. The predicted molar refractivity (Wildman–Crippen MR) is 60.8 cm³/mol. The Kier molecular flexibility index (Phi) is 4.09. The van der Waals surface area contributed by atoms with Gasteiger partial charge in [0.05, 0.1) is 5.84 Å². The minimum atomic E-state index is -0.235. The molecule has 0 saturated heterocycles. The third-order valence-corrected chi connectivity index (χ3v) is 2.22.